The Morgan fingerprint density at radius 2 is 1.12 bits per heavy atom. The van der Waals surface area contributed by atoms with Crippen molar-refractivity contribution in [2.24, 2.45) is 0 Å². The Morgan fingerprint density at radius 3 is 1.38 bits per heavy atom. The summed E-state index contributed by atoms with van der Waals surface area (Å²) in [6.07, 6.45) is 5.33. The van der Waals surface area contributed by atoms with Gasteiger partial charge in [0.2, 0.25) is 0 Å². The Balaban J connectivity index is 0.000000446. The van der Waals surface area contributed by atoms with Crippen molar-refractivity contribution in [2.75, 3.05) is 26.2 Å². The van der Waals surface area contributed by atoms with E-state index < -0.39 is 10.1 Å². The molecule has 0 saturated carbocycles. The van der Waals surface area contributed by atoms with Crippen molar-refractivity contribution in [1.82, 2.24) is 0 Å². The third-order valence-corrected chi connectivity index (χ3v) is 4.98. The zero-order valence-corrected chi connectivity index (χ0v) is 16.9. The summed E-state index contributed by atoms with van der Waals surface area (Å²) in [7, 11) is -4.02. The maximum Gasteiger partial charge on any atom is 0.294 e. The second-order valence-electron chi connectivity index (χ2n) is 6.52. The van der Waals surface area contributed by atoms with Crippen LogP contribution in [0, 0.1) is 6.92 Å². The maximum absolute atomic E-state index is 10.5. The molecule has 0 aliphatic heterocycles. The van der Waals surface area contributed by atoms with Crippen molar-refractivity contribution in [3.63, 3.8) is 0 Å². The lowest BCUT2D eigenvalue weighted by atomic mass is 10.2. The molecule has 0 radical (unpaired) electrons. The number of benzene rings is 1. The summed E-state index contributed by atoms with van der Waals surface area (Å²) in [5, 5.41) is 0. The van der Waals surface area contributed by atoms with Crippen LogP contribution in [-0.2, 0) is 10.1 Å². The molecule has 24 heavy (non-hydrogen) atoms. The Morgan fingerprint density at radius 1 is 0.792 bits per heavy atom. The van der Waals surface area contributed by atoms with Gasteiger partial charge in [0, 0.05) is 0 Å². The van der Waals surface area contributed by atoms with Crippen LogP contribution >= 0.6 is 0 Å². The van der Waals surface area contributed by atoms with Crippen molar-refractivity contribution < 1.29 is 17.5 Å². The molecule has 4 nitrogen and oxygen atoms in total. The molecule has 0 aromatic heterocycles. The van der Waals surface area contributed by atoms with Crippen LogP contribution < -0.4 is 0 Å². The SMILES string of the molecule is CCC[N+](CCC)(CCC)CCC.Cc1ccc(S(=O)(=O)O)cc1. The molecule has 140 valence electrons. The normalized spacial score (nSPS) is 11.8. The zero-order chi connectivity index (χ0) is 18.6. The van der Waals surface area contributed by atoms with Gasteiger partial charge < -0.3 is 4.48 Å². The topological polar surface area (TPSA) is 54.4 Å². The van der Waals surface area contributed by atoms with Crippen LogP contribution in [-0.4, -0.2) is 43.6 Å². The Bertz CT molecular complexity index is 509. The van der Waals surface area contributed by atoms with Crippen LogP contribution in [0.15, 0.2) is 29.2 Å². The van der Waals surface area contributed by atoms with Gasteiger partial charge in [-0.1, -0.05) is 45.4 Å². The number of nitrogens with zero attached hydrogens (tertiary/aromatic N) is 1. The van der Waals surface area contributed by atoms with E-state index in [4.69, 9.17) is 4.55 Å². The fraction of sp³-hybridized carbons (Fsp3) is 0.684. The van der Waals surface area contributed by atoms with E-state index in [2.05, 4.69) is 27.7 Å². The highest BCUT2D eigenvalue weighted by molar-refractivity contribution is 7.85. The minimum atomic E-state index is -4.02. The highest BCUT2D eigenvalue weighted by atomic mass is 32.2. The van der Waals surface area contributed by atoms with E-state index in [1.165, 1.54) is 68.5 Å². The standard InChI is InChI=1S/C12H28N.C7H8O3S/c1-5-9-13(10-6-2,11-7-3)12-8-4;1-6-2-4-7(5-3-6)11(8,9)10/h5-12H2,1-4H3;2-5H,1H3,(H,8,9,10)/q+1;. The van der Waals surface area contributed by atoms with Gasteiger partial charge in [0.1, 0.15) is 0 Å². The van der Waals surface area contributed by atoms with Crippen molar-refractivity contribution in [1.29, 1.82) is 0 Å². The summed E-state index contributed by atoms with van der Waals surface area (Å²) in [5.74, 6) is 0. The molecule has 1 N–H and O–H groups in total. The molecule has 0 fully saturated rings. The van der Waals surface area contributed by atoms with Gasteiger partial charge in [0.25, 0.3) is 10.1 Å². The second kappa shape index (κ2) is 11.6. The fourth-order valence-corrected chi connectivity index (χ4v) is 3.76. The van der Waals surface area contributed by atoms with Gasteiger partial charge in [-0.05, 0) is 44.7 Å². The van der Waals surface area contributed by atoms with Gasteiger partial charge in [0.15, 0.2) is 0 Å². The van der Waals surface area contributed by atoms with Gasteiger partial charge in [-0.2, -0.15) is 8.42 Å². The van der Waals surface area contributed by atoms with Crippen molar-refractivity contribution in [3.8, 4) is 0 Å². The lowest BCUT2D eigenvalue weighted by molar-refractivity contribution is -0.928. The first kappa shape index (κ1) is 23.1. The largest absolute Gasteiger partial charge is 0.324 e. The first-order chi connectivity index (χ1) is 11.2. The molecule has 0 atom stereocenters. The minimum absolute atomic E-state index is 0.0666. The molecular weight excluding hydrogens is 322 g/mol. The molecule has 5 heteroatoms. The van der Waals surface area contributed by atoms with Crippen LogP contribution in [0.3, 0.4) is 0 Å². The number of rotatable bonds is 9. The molecular formula is C19H36NO3S+. The first-order valence-electron chi connectivity index (χ1n) is 9.13. The van der Waals surface area contributed by atoms with Gasteiger partial charge in [-0.3, -0.25) is 4.55 Å². The average Bonchev–Trinajstić information content (AvgIpc) is 2.48. The smallest absolute Gasteiger partial charge is 0.294 e. The summed E-state index contributed by atoms with van der Waals surface area (Å²) in [6.45, 7) is 16.6. The van der Waals surface area contributed by atoms with Gasteiger partial charge in [-0.15, -0.1) is 0 Å². The van der Waals surface area contributed by atoms with Crippen molar-refractivity contribution in [3.05, 3.63) is 29.8 Å². The molecule has 1 rings (SSSR count). The predicted octanol–water partition coefficient (Wildman–Crippen LogP) is 4.68. The summed E-state index contributed by atoms with van der Waals surface area (Å²) in [6, 6.07) is 5.99. The molecule has 1 aromatic rings. The van der Waals surface area contributed by atoms with E-state index in [1.807, 2.05) is 6.92 Å². The zero-order valence-electron chi connectivity index (χ0n) is 16.1. The molecule has 1 aromatic carbocycles. The van der Waals surface area contributed by atoms with E-state index in [1.54, 1.807) is 12.1 Å². The quantitative estimate of drug-likeness (QED) is 0.515. The van der Waals surface area contributed by atoms with Crippen LogP contribution in [0.1, 0.15) is 58.9 Å². The second-order valence-corrected chi connectivity index (χ2v) is 7.95. The van der Waals surface area contributed by atoms with Crippen LogP contribution in [0.5, 0.6) is 0 Å². The van der Waals surface area contributed by atoms with E-state index in [0.29, 0.717) is 0 Å². The molecule has 0 aliphatic rings. The third-order valence-electron chi connectivity index (χ3n) is 4.11. The molecule has 0 saturated heterocycles. The summed E-state index contributed by atoms with van der Waals surface area (Å²) < 4.78 is 30.9. The van der Waals surface area contributed by atoms with Crippen LogP contribution in [0.25, 0.3) is 0 Å². The number of aryl methyl sites for hydroxylation is 1. The van der Waals surface area contributed by atoms with E-state index >= 15 is 0 Å². The lowest BCUT2D eigenvalue weighted by Crippen LogP contribution is -2.50. The van der Waals surface area contributed by atoms with Crippen LogP contribution in [0.2, 0.25) is 0 Å². The highest BCUT2D eigenvalue weighted by Crippen LogP contribution is 2.12. The van der Waals surface area contributed by atoms with Gasteiger partial charge in [0.05, 0.1) is 31.1 Å². The number of hydrogen-bond donors (Lipinski definition) is 1. The molecule has 0 unspecified atom stereocenters. The van der Waals surface area contributed by atoms with E-state index in [-0.39, 0.29) is 4.90 Å². The molecule has 0 amide bonds. The van der Waals surface area contributed by atoms with Gasteiger partial charge in [-0.25, -0.2) is 0 Å². The highest BCUT2D eigenvalue weighted by Gasteiger charge is 2.22. The van der Waals surface area contributed by atoms with E-state index in [0.717, 1.165) is 5.56 Å². The maximum atomic E-state index is 10.5. The Kier molecular flexibility index (Phi) is 11.2. The molecule has 0 spiro atoms. The average molecular weight is 359 g/mol. The third kappa shape index (κ3) is 8.81. The van der Waals surface area contributed by atoms with Gasteiger partial charge >= 0.3 is 0 Å². The summed E-state index contributed by atoms with van der Waals surface area (Å²) in [4.78, 5) is -0.0666. The Hall–Kier alpha value is -0.910. The predicted molar refractivity (Wildman–Crippen MR) is 102 cm³/mol. The van der Waals surface area contributed by atoms with Crippen molar-refractivity contribution >= 4 is 10.1 Å². The number of hydrogen-bond acceptors (Lipinski definition) is 2. The van der Waals surface area contributed by atoms with Crippen molar-refractivity contribution in [2.45, 2.75) is 65.2 Å². The molecule has 0 aliphatic carbocycles. The number of quaternary nitrogens is 1. The van der Waals surface area contributed by atoms with Crippen LogP contribution in [0.4, 0.5) is 0 Å². The molecule has 0 heterocycles. The first-order valence-corrected chi connectivity index (χ1v) is 10.6. The van der Waals surface area contributed by atoms with E-state index in [9.17, 15) is 8.42 Å². The lowest BCUT2D eigenvalue weighted by Gasteiger charge is -2.38. The minimum Gasteiger partial charge on any atom is -0.324 e. The molecule has 0 bridgehead atoms. The fourth-order valence-electron chi connectivity index (χ4n) is 3.28. The monoisotopic (exact) mass is 358 g/mol. The summed E-state index contributed by atoms with van der Waals surface area (Å²) in [5.41, 5.74) is 0.956. The summed E-state index contributed by atoms with van der Waals surface area (Å²) >= 11 is 0. The Labute approximate surface area is 149 Å².